The number of nitrogens with two attached hydrogens (primary N) is 1. The van der Waals surface area contributed by atoms with E-state index in [9.17, 15) is 13.2 Å². The second kappa shape index (κ2) is 8.40. The molecule has 0 aliphatic heterocycles. The van der Waals surface area contributed by atoms with Crippen molar-refractivity contribution < 1.29 is 23.1 Å². The largest absolute Gasteiger partial charge is 0.394 e. The maximum atomic E-state index is 11.4. The van der Waals surface area contributed by atoms with Gasteiger partial charge in [-0.2, -0.15) is 0 Å². The van der Waals surface area contributed by atoms with E-state index in [-0.39, 0.29) is 38.5 Å². The summed E-state index contributed by atoms with van der Waals surface area (Å²) in [5, 5.41) is 10.9. The van der Waals surface area contributed by atoms with Gasteiger partial charge in [-0.25, -0.2) is 8.42 Å². The molecule has 7 nitrogen and oxygen atoms in total. The first-order valence-electron chi connectivity index (χ1n) is 5.26. The minimum Gasteiger partial charge on any atom is -0.394 e. The van der Waals surface area contributed by atoms with Gasteiger partial charge in [0.1, 0.15) is 9.84 Å². The van der Waals surface area contributed by atoms with Crippen LogP contribution in [0.1, 0.15) is 6.42 Å². The molecule has 1 amide bonds. The number of aliphatic hydroxyl groups is 1. The average Bonchev–Trinajstić information content (AvgIpc) is 2.24. The van der Waals surface area contributed by atoms with Gasteiger partial charge >= 0.3 is 0 Å². The smallest absolute Gasteiger partial charge is 0.237 e. The molecule has 0 aromatic heterocycles. The van der Waals surface area contributed by atoms with E-state index >= 15 is 0 Å². The first-order chi connectivity index (χ1) is 7.87. The fourth-order valence-corrected chi connectivity index (χ4v) is 1.70. The molecule has 0 aliphatic carbocycles. The number of ether oxygens (including phenoxy) is 1. The number of hydrogen-bond acceptors (Lipinski definition) is 6. The molecule has 0 fully saturated rings. The van der Waals surface area contributed by atoms with E-state index < -0.39 is 21.8 Å². The third kappa shape index (κ3) is 10.2. The van der Waals surface area contributed by atoms with Crippen LogP contribution in [0.4, 0.5) is 0 Å². The molecule has 0 aromatic rings. The van der Waals surface area contributed by atoms with Crippen LogP contribution in [0.5, 0.6) is 0 Å². The van der Waals surface area contributed by atoms with Gasteiger partial charge in [-0.3, -0.25) is 4.79 Å². The summed E-state index contributed by atoms with van der Waals surface area (Å²) >= 11 is 0. The van der Waals surface area contributed by atoms with Crippen LogP contribution in [0.2, 0.25) is 0 Å². The van der Waals surface area contributed by atoms with E-state index in [1.165, 1.54) is 0 Å². The van der Waals surface area contributed by atoms with Crippen LogP contribution in [0.25, 0.3) is 0 Å². The predicted octanol–water partition coefficient (Wildman–Crippen LogP) is -2.13. The highest BCUT2D eigenvalue weighted by Crippen LogP contribution is 1.93. The maximum Gasteiger partial charge on any atom is 0.237 e. The Morgan fingerprint density at radius 2 is 2.12 bits per heavy atom. The average molecular weight is 268 g/mol. The van der Waals surface area contributed by atoms with Crippen molar-refractivity contribution >= 4 is 15.7 Å². The summed E-state index contributed by atoms with van der Waals surface area (Å²) in [7, 11) is -3.10. The lowest BCUT2D eigenvalue weighted by molar-refractivity contribution is -0.122. The maximum absolute atomic E-state index is 11.4. The number of hydrogen-bond donors (Lipinski definition) is 3. The number of rotatable bonds is 9. The lowest BCUT2D eigenvalue weighted by Gasteiger charge is -2.11. The van der Waals surface area contributed by atoms with E-state index in [0.29, 0.717) is 0 Å². The molecular weight excluding hydrogens is 248 g/mol. The van der Waals surface area contributed by atoms with Gasteiger partial charge in [-0.15, -0.1) is 0 Å². The van der Waals surface area contributed by atoms with Gasteiger partial charge in [-0.05, 0) is 6.42 Å². The molecule has 17 heavy (non-hydrogen) atoms. The molecule has 0 radical (unpaired) electrons. The number of nitrogens with one attached hydrogen (secondary N) is 1. The van der Waals surface area contributed by atoms with E-state index in [2.05, 4.69) is 5.32 Å². The Morgan fingerprint density at radius 1 is 1.47 bits per heavy atom. The molecule has 0 saturated heterocycles. The van der Waals surface area contributed by atoms with Crippen molar-refractivity contribution in [2.75, 3.05) is 38.4 Å². The summed E-state index contributed by atoms with van der Waals surface area (Å²) in [6.45, 7) is 0.717. The Hall–Kier alpha value is -0.700. The summed E-state index contributed by atoms with van der Waals surface area (Å²) in [5.74, 6) is -0.510. The third-order valence-electron chi connectivity index (χ3n) is 1.92. The third-order valence-corrected chi connectivity index (χ3v) is 2.89. The van der Waals surface area contributed by atoms with Gasteiger partial charge < -0.3 is 20.9 Å². The van der Waals surface area contributed by atoms with Gasteiger partial charge in [-0.1, -0.05) is 0 Å². The fraction of sp³-hybridized carbons (Fsp3) is 0.889. The van der Waals surface area contributed by atoms with Gasteiger partial charge in [0.05, 0.1) is 31.6 Å². The minimum absolute atomic E-state index is 0.0676. The topological polar surface area (TPSA) is 119 Å². The SMILES string of the molecule is CS(=O)(=O)CCC(N)C(=O)NCCOCCO. The molecule has 0 saturated carbocycles. The predicted molar refractivity (Wildman–Crippen MR) is 63.2 cm³/mol. The molecule has 1 unspecified atom stereocenters. The molecule has 0 bridgehead atoms. The van der Waals surface area contributed by atoms with Crippen molar-refractivity contribution in [3.05, 3.63) is 0 Å². The Labute approximate surface area is 101 Å². The molecular formula is C9H20N2O5S. The lowest BCUT2D eigenvalue weighted by atomic mass is 10.2. The van der Waals surface area contributed by atoms with Crippen LogP contribution in [0.3, 0.4) is 0 Å². The van der Waals surface area contributed by atoms with Crippen LogP contribution in [-0.4, -0.2) is 63.8 Å². The number of sulfone groups is 1. The van der Waals surface area contributed by atoms with Gasteiger partial charge in [0.2, 0.25) is 5.91 Å². The molecule has 8 heteroatoms. The monoisotopic (exact) mass is 268 g/mol. The van der Waals surface area contributed by atoms with Crippen molar-refractivity contribution in [3.8, 4) is 0 Å². The van der Waals surface area contributed by atoms with Gasteiger partial charge in [0.15, 0.2) is 0 Å². The Bertz CT molecular complexity index is 317. The van der Waals surface area contributed by atoms with Crippen molar-refractivity contribution in [1.82, 2.24) is 5.32 Å². The molecule has 0 spiro atoms. The Kier molecular flexibility index (Phi) is 8.05. The minimum atomic E-state index is -3.10. The number of carbonyl (C=O) groups is 1. The first-order valence-corrected chi connectivity index (χ1v) is 7.32. The van der Waals surface area contributed by atoms with Crippen molar-refractivity contribution in [2.24, 2.45) is 5.73 Å². The molecule has 0 heterocycles. The van der Waals surface area contributed by atoms with Crippen LogP contribution < -0.4 is 11.1 Å². The zero-order valence-electron chi connectivity index (χ0n) is 9.89. The van der Waals surface area contributed by atoms with E-state index in [1.54, 1.807) is 0 Å². The standard InChI is InChI=1S/C9H20N2O5S/c1-17(14,15)7-2-8(10)9(13)11-3-5-16-6-4-12/h8,12H,2-7,10H2,1H3,(H,11,13). The molecule has 0 aliphatic rings. The van der Waals surface area contributed by atoms with E-state index in [1.807, 2.05) is 0 Å². The zero-order valence-corrected chi connectivity index (χ0v) is 10.7. The van der Waals surface area contributed by atoms with Crippen molar-refractivity contribution in [2.45, 2.75) is 12.5 Å². The van der Waals surface area contributed by atoms with Gasteiger partial charge in [0.25, 0.3) is 0 Å². The summed E-state index contributed by atoms with van der Waals surface area (Å²) in [5.41, 5.74) is 5.51. The van der Waals surface area contributed by atoms with Gasteiger partial charge in [0, 0.05) is 12.8 Å². The highest BCUT2D eigenvalue weighted by molar-refractivity contribution is 7.90. The second-order valence-electron chi connectivity index (χ2n) is 3.65. The normalized spacial score (nSPS) is 13.4. The fourth-order valence-electron chi connectivity index (χ4n) is 1.02. The van der Waals surface area contributed by atoms with Crippen molar-refractivity contribution in [1.29, 1.82) is 0 Å². The highest BCUT2D eigenvalue weighted by atomic mass is 32.2. The number of amides is 1. The molecule has 1 atom stereocenters. The zero-order chi connectivity index (χ0) is 13.3. The summed E-state index contributed by atoms with van der Waals surface area (Å²) in [4.78, 5) is 11.4. The lowest BCUT2D eigenvalue weighted by Crippen LogP contribution is -2.42. The molecule has 0 rings (SSSR count). The van der Waals surface area contributed by atoms with Crippen LogP contribution in [0, 0.1) is 0 Å². The Morgan fingerprint density at radius 3 is 2.65 bits per heavy atom. The summed E-state index contributed by atoms with van der Waals surface area (Å²) < 4.78 is 26.6. The van der Waals surface area contributed by atoms with Crippen LogP contribution in [-0.2, 0) is 19.4 Å². The highest BCUT2D eigenvalue weighted by Gasteiger charge is 2.15. The number of aliphatic hydroxyl groups excluding tert-OH is 1. The second-order valence-corrected chi connectivity index (χ2v) is 5.91. The molecule has 4 N–H and O–H groups in total. The van der Waals surface area contributed by atoms with E-state index in [4.69, 9.17) is 15.6 Å². The van der Waals surface area contributed by atoms with Crippen LogP contribution in [0.15, 0.2) is 0 Å². The molecule has 102 valence electrons. The first kappa shape index (κ1) is 16.3. The Balaban J connectivity index is 3.68. The summed E-state index contributed by atoms with van der Waals surface area (Å²) in [6.07, 6.45) is 1.20. The van der Waals surface area contributed by atoms with Crippen molar-refractivity contribution in [3.63, 3.8) is 0 Å². The quantitative estimate of drug-likeness (QED) is 0.411. The molecule has 0 aromatic carbocycles. The van der Waals surface area contributed by atoms with Crippen LogP contribution >= 0.6 is 0 Å². The summed E-state index contributed by atoms with van der Waals surface area (Å²) in [6, 6.07) is -0.831. The number of carbonyl (C=O) groups excluding carboxylic acids is 1. The van der Waals surface area contributed by atoms with E-state index in [0.717, 1.165) is 6.26 Å².